The molecule has 0 radical (unpaired) electrons. The summed E-state index contributed by atoms with van der Waals surface area (Å²) in [4.78, 5) is 16.9. The smallest absolute Gasteiger partial charge is 0.165 e. The van der Waals surface area contributed by atoms with Crippen molar-refractivity contribution >= 4 is 53.7 Å². The number of nitrogens with zero attached hydrogens (tertiary/aromatic N) is 3. The molecule has 0 saturated heterocycles. The number of benzene rings is 8. The monoisotopic (exact) mass is 667 g/mol. The van der Waals surface area contributed by atoms with Crippen molar-refractivity contribution in [3.63, 3.8) is 0 Å². The zero-order valence-corrected chi connectivity index (χ0v) is 28.3. The normalized spacial score (nSPS) is 11.5. The Kier molecular flexibility index (Phi) is 7.00. The Morgan fingerprint density at radius 3 is 1.59 bits per heavy atom. The third-order valence-electron chi connectivity index (χ3n) is 9.73. The van der Waals surface area contributed by atoms with Gasteiger partial charge in [-0.25, -0.2) is 15.0 Å². The highest BCUT2D eigenvalue weighted by Gasteiger charge is 2.18. The minimum atomic E-state index is 0.644. The molecule has 0 aliphatic heterocycles. The van der Waals surface area contributed by atoms with Crippen LogP contribution < -0.4 is 0 Å². The maximum atomic E-state index is 5.26. The third kappa shape index (κ3) is 5.25. The molecule has 0 fully saturated rings. The second kappa shape index (κ2) is 12.1. The summed E-state index contributed by atoms with van der Waals surface area (Å²) in [5.74, 6) is 1.95. The molecule has 0 atom stereocenters. The van der Waals surface area contributed by atoms with Gasteiger partial charge in [0.15, 0.2) is 17.5 Å². The number of thiophene rings is 1. The Morgan fingerprint density at radius 1 is 0.314 bits per heavy atom. The number of hydrogen-bond donors (Lipinski definition) is 0. The van der Waals surface area contributed by atoms with Crippen molar-refractivity contribution in [1.82, 2.24) is 15.0 Å². The average Bonchev–Trinajstić information content (AvgIpc) is 3.65. The molecule has 2 aromatic heterocycles. The van der Waals surface area contributed by atoms with Crippen LogP contribution in [0.4, 0.5) is 0 Å². The highest BCUT2D eigenvalue weighted by Crippen LogP contribution is 2.40. The largest absolute Gasteiger partial charge is 0.208 e. The molecular formula is C47H29N3S. The molecule has 0 bridgehead atoms. The quantitative estimate of drug-likeness (QED) is 0.135. The predicted octanol–water partition coefficient (Wildman–Crippen LogP) is 12.9. The molecule has 0 aliphatic rings. The molecule has 0 aliphatic carbocycles. The Bertz CT molecular complexity index is 2860. The molecule has 0 amide bonds. The molecule has 0 N–H and O–H groups in total. The van der Waals surface area contributed by atoms with E-state index >= 15 is 0 Å². The van der Waals surface area contributed by atoms with E-state index in [-0.39, 0.29) is 0 Å². The zero-order valence-electron chi connectivity index (χ0n) is 27.5. The van der Waals surface area contributed by atoms with Crippen LogP contribution in [-0.4, -0.2) is 15.0 Å². The van der Waals surface area contributed by atoms with Gasteiger partial charge in [0.2, 0.25) is 0 Å². The van der Waals surface area contributed by atoms with Gasteiger partial charge in [0.25, 0.3) is 0 Å². The van der Waals surface area contributed by atoms with Crippen LogP contribution in [0.5, 0.6) is 0 Å². The Balaban J connectivity index is 1.17. The van der Waals surface area contributed by atoms with Crippen molar-refractivity contribution in [2.45, 2.75) is 0 Å². The molecule has 3 nitrogen and oxygen atoms in total. The van der Waals surface area contributed by atoms with Crippen LogP contribution in [0.3, 0.4) is 0 Å². The maximum Gasteiger partial charge on any atom is 0.165 e. The molecular weight excluding hydrogens is 639 g/mol. The standard InChI is InChI=1S/C47H29N3S/c1-2-10-30(11-3-1)31-18-22-34(23-19-31)45-48-46(35-24-20-33(21-25-35)43-29-37-14-6-9-17-42(37)51-43)50-47(49-45)44-39-16-8-5-13-36(39)28-41-38-15-7-4-12-32(38)26-27-40(41)44/h1-29H. The number of aromatic nitrogens is 3. The van der Waals surface area contributed by atoms with Gasteiger partial charge in [-0.1, -0.05) is 158 Å². The first-order valence-electron chi connectivity index (χ1n) is 17.1. The lowest BCUT2D eigenvalue weighted by atomic mass is 9.93. The van der Waals surface area contributed by atoms with Crippen LogP contribution in [-0.2, 0) is 0 Å². The second-order valence-corrected chi connectivity index (χ2v) is 13.9. The fourth-order valence-electron chi connectivity index (χ4n) is 7.16. The summed E-state index contributed by atoms with van der Waals surface area (Å²) < 4.78 is 1.29. The van der Waals surface area contributed by atoms with Crippen molar-refractivity contribution in [2.24, 2.45) is 0 Å². The van der Waals surface area contributed by atoms with Crippen LogP contribution in [0.1, 0.15) is 0 Å². The molecule has 4 heteroatoms. The molecule has 238 valence electrons. The lowest BCUT2D eigenvalue weighted by Crippen LogP contribution is -2.01. The van der Waals surface area contributed by atoms with Crippen molar-refractivity contribution < 1.29 is 0 Å². The van der Waals surface area contributed by atoms with E-state index in [4.69, 9.17) is 15.0 Å². The van der Waals surface area contributed by atoms with Crippen molar-refractivity contribution in [2.75, 3.05) is 0 Å². The first kappa shape index (κ1) is 29.4. The van der Waals surface area contributed by atoms with Gasteiger partial charge < -0.3 is 0 Å². The van der Waals surface area contributed by atoms with Gasteiger partial charge in [0, 0.05) is 26.3 Å². The van der Waals surface area contributed by atoms with Crippen LogP contribution in [0.15, 0.2) is 176 Å². The summed E-state index contributed by atoms with van der Waals surface area (Å²) in [7, 11) is 0. The minimum Gasteiger partial charge on any atom is -0.208 e. The summed E-state index contributed by atoms with van der Waals surface area (Å²) in [6.45, 7) is 0. The topological polar surface area (TPSA) is 38.7 Å². The zero-order chi connectivity index (χ0) is 33.7. The summed E-state index contributed by atoms with van der Waals surface area (Å²) in [5, 5.41) is 8.26. The highest BCUT2D eigenvalue weighted by molar-refractivity contribution is 7.22. The van der Waals surface area contributed by atoms with Gasteiger partial charge in [0.05, 0.1) is 0 Å². The fraction of sp³-hybridized carbons (Fsp3) is 0. The molecule has 0 saturated carbocycles. The van der Waals surface area contributed by atoms with Crippen LogP contribution in [0, 0.1) is 0 Å². The number of hydrogen-bond acceptors (Lipinski definition) is 4. The average molecular weight is 668 g/mol. The summed E-state index contributed by atoms with van der Waals surface area (Å²) in [5.41, 5.74) is 6.41. The van der Waals surface area contributed by atoms with E-state index in [0.717, 1.165) is 38.4 Å². The Morgan fingerprint density at radius 2 is 0.863 bits per heavy atom. The first-order chi connectivity index (χ1) is 25.2. The van der Waals surface area contributed by atoms with Gasteiger partial charge >= 0.3 is 0 Å². The van der Waals surface area contributed by atoms with Gasteiger partial charge in [-0.15, -0.1) is 11.3 Å². The Labute approximate surface area is 299 Å². The second-order valence-electron chi connectivity index (χ2n) is 12.8. The number of rotatable bonds is 5. The molecule has 2 heterocycles. The van der Waals surface area contributed by atoms with Gasteiger partial charge in [-0.2, -0.15) is 0 Å². The van der Waals surface area contributed by atoms with Gasteiger partial charge in [-0.3, -0.25) is 0 Å². The van der Waals surface area contributed by atoms with E-state index < -0.39 is 0 Å². The van der Waals surface area contributed by atoms with E-state index in [1.165, 1.54) is 42.2 Å². The summed E-state index contributed by atoms with van der Waals surface area (Å²) >= 11 is 1.81. The fourth-order valence-corrected chi connectivity index (χ4v) is 8.23. The maximum absolute atomic E-state index is 5.26. The van der Waals surface area contributed by atoms with Gasteiger partial charge in [-0.05, 0) is 72.6 Å². The SMILES string of the molecule is c1ccc(-c2ccc(-c3nc(-c4ccc(-c5cc6ccccc6s5)cc4)nc(-c4c5ccccc5cc5c4ccc4ccccc45)n3)cc2)cc1. The lowest BCUT2D eigenvalue weighted by Gasteiger charge is -2.15. The third-order valence-corrected chi connectivity index (χ3v) is 10.9. The molecule has 0 spiro atoms. The molecule has 0 unspecified atom stereocenters. The van der Waals surface area contributed by atoms with Crippen molar-refractivity contribution in [1.29, 1.82) is 0 Å². The van der Waals surface area contributed by atoms with E-state index in [1.54, 1.807) is 0 Å². The first-order valence-corrected chi connectivity index (χ1v) is 17.9. The van der Waals surface area contributed by atoms with Crippen molar-refractivity contribution in [3.8, 4) is 55.7 Å². The van der Waals surface area contributed by atoms with Crippen LogP contribution in [0.25, 0.3) is 98.1 Å². The molecule has 8 aromatic carbocycles. The molecule has 10 aromatic rings. The van der Waals surface area contributed by atoms with Crippen LogP contribution in [0.2, 0.25) is 0 Å². The highest BCUT2D eigenvalue weighted by atomic mass is 32.1. The van der Waals surface area contributed by atoms with Crippen LogP contribution >= 0.6 is 11.3 Å². The predicted molar refractivity (Wildman–Crippen MR) is 215 cm³/mol. The minimum absolute atomic E-state index is 0.644. The molecule has 10 rings (SSSR count). The Hall–Kier alpha value is -6.49. The van der Waals surface area contributed by atoms with E-state index in [1.807, 2.05) is 17.4 Å². The summed E-state index contributed by atoms with van der Waals surface area (Å²) in [6, 6.07) is 62.2. The number of fused-ring (bicyclic) bond motifs is 5. The van der Waals surface area contributed by atoms with Crippen molar-refractivity contribution in [3.05, 3.63) is 176 Å². The van der Waals surface area contributed by atoms with E-state index in [9.17, 15) is 0 Å². The summed E-state index contributed by atoms with van der Waals surface area (Å²) in [6.07, 6.45) is 0. The molecule has 51 heavy (non-hydrogen) atoms. The van der Waals surface area contributed by atoms with E-state index in [2.05, 4.69) is 170 Å². The van der Waals surface area contributed by atoms with E-state index in [0.29, 0.717) is 17.5 Å². The lowest BCUT2D eigenvalue weighted by molar-refractivity contribution is 1.08. The van der Waals surface area contributed by atoms with Gasteiger partial charge in [0.1, 0.15) is 0 Å².